The smallest absolute Gasteiger partial charge is 0.339 e. The van der Waals surface area contributed by atoms with E-state index in [2.05, 4.69) is 10.6 Å². The van der Waals surface area contributed by atoms with Crippen LogP contribution in [0.2, 0.25) is 0 Å². The second-order valence-corrected chi connectivity index (χ2v) is 5.51. The number of carbonyl (C=O) groups excluding carboxylic acids is 2. The summed E-state index contributed by atoms with van der Waals surface area (Å²) < 4.78 is 10.0. The van der Waals surface area contributed by atoms with Crippen LogP contribution in [0.5, 0.6) is 5.75 Å². The lowest BCUT2D eigenvalue weighted by Gasteiger charge is -2.14. The minimum absolute atomic E-state index is 0.0601. The van der Waals surface area contributed by atoms with Gasteiger partial charge in [0, 0.05) is 0 Å². The molecule has 0 aliphatic rings. The quantitative estimate of drug-likeness (QED) is 0.646. The molecule has 0 spiro atoms. The Labute approximate surface area is 151 Å². The Morgan fingerprint density at radius 3 is 2.36 bits per heavy atom. The first-order valence-corrected chi connectivity index (χ1v) is 7.82. The van der Waals surface area contributed by atoms with E-state index in [0.29, 0.717) is 22.6 Å². The summed E-state index contributed by atoms with van der Waals surface area (Å²) in [6.07, 6.45) is 0. The van der Waals surface area contributed by atoms with Gasteiger partial charge in [0.25, 0.3) is 5.91 Å². The van der Waals surface area contributed by atoms with Crippen molar-refractivity contribution in [1.82, 2.24) is 5.32 Å². The predicted molar refractivity (Wildman–Crippen MR) is 99.2 cm³/mol. The number of esters is 1. The van der Waals surface area contributed by atoms with E-state index in [4.69, 9.17) is 21.7 Å². The van der Waals surface area contributed by atoms with Gasteiger partial charge in [-0.2, -0.15) is 0 Å². The topological polar surface area (TPSA) is 76.7 Å². The van der Waals surface area contributed by atoms with E-state index in [-0.39, 0.29) is 5.11 Å². The molecule has 130 valence electrons. The first kappa shape index (κ1) is 18.4. The van der Waals surface area contributed by atoms with E-state index in [9.17, 15) is 9.59 Å². The number of carbonyl (C=O) groups is 2. The number of methoxy groups -OCH3 is 2. The van der Waals surface area contributed by atoms with Crippen LogP contribution >= 0.6 is 12.2 Å². The number of hydrogen-bond acceptors (Lipinski definition) is 5. The summed E-state index contributed by atoms with van der Waals surface area (Å²) in [4.78, 5) is 24.2. The Balaban J connectivity index is 2.15. The Hall–Kier alpha value is -2.93. The highest BCUT2D eigenvalue weighted by molar-refractivity contribution is 7.80. The highest BCUT2D eigenvalue weighted by Crippen LogP contribution is 2.23. The fraction of sp³-hybridized carbons (Fsp3) is 0.167. The van der Waals surface area contributed by atoms with Crippen LogP contribution in [0.25, 0.3) is 0 Å². The maximum absolute atomic E-state index is 12.4. The summed E-state index contributed by atoms with van der Waals surface area (Å²) >= 11 is 5.17. The van der Waals surface area contributed by atoms with Gasteiger partial charge >= 0.3 is 5.97 Å². The maximum Gasteiger partial charge on any atom is 0.339 e. The summed E-state index contributed by atoms with van der Waals surface area (Å²) in [5.74, 6) is -0.427. The van der Waals surface area contributed by atoms with Crippen LogP contribution in [0.3, 0.4) is 0 Å². The molecule has 2 aromatic rings. The zero-order chi connectivity index (χ0) is 18.4. The molecule has 1 amide bonds. The zero-order valence-corrected chi connectivity index (χ0v) is 14.9. The van der Waals surface area contributed by atoms with Gasteiger partial charge in [0.1, 0.15) is 5.75 Å². The highest BCUT2D eigenvalue weighted by atomic mass is 32.1. The fourth-order valence-corrected chi connectivity index (χ4v) is 2.51. The maximum atomic E-state index is 12.4. The van der Waals surface area contributed by atoms with E-state index in [1.807, 2.05) is 13.0 Å². The molecule has 0 radical (unpaired) electrons. The van der Waals surface area contributed by atoms with Crippen molar-refractivity contribution in [3.63, 3.8) is 0 Å². The lowest BCUT2D eigenvalue weighted by atomic mass is 10.1. The van der Waals surface area contributed by atoms with Crippen molar-refractivity contribution in [2.24, 2.45) is 0 Å². The normalized spacial score (nSPS) is 9.88. The van der Waals surface area contributed by atoms with Crippen molar-refractivity contribution >= 4 is 34.9 Å². The SMILES string of the molecule is COC(=O)c1ccccc1NC(=S)NC(=O)c1cccc(C)c1OC. The molecule has 2 aromatic carbocycles. The fourth-order valence-electron chi connectivity index (χ4n) is 2.31. The van der Waals surface area contributed by atoms with Crippen LogP contribution in [0.15, 0.2) is 42.5 Å². The predicted octanol–water partition coefficient (Wildman–Crippen LogP) is 2.92. The van der Waals surface area contributed by atoms with Crippen molar-refractivity contribution in [2.45, 2.75) is 6.92 Å². The van der Waals surface area contributed by atoms with Crippen LogP contribution < -0.4 is 15.4 Å². The van der Waals surface area contributed by atoms with Crippen molar-refractivity contribution in [2.75, 3.05) is 19.5 Å². The van der Waals surface area contributed by atoms with Crippen LogP contribution in [-0.4, -0.2) is 31.2 Å². The first-order chi connectivity index (χ1) is 12.0. The molecule has 0 saturated carbocycles. The number of benzene rings is 2. The Morgan fingerprint density at radius 1 is 1.00 bits per heavy atom. The van der Waals surface area contributed by atoms with Gasteiger partial charge in [0.15, 0.2) is 5.11 Å². The molecule has 7 heteroatoms. The number of para-hydroxylation sites is 2. The van der Waals surface area contributed by atoms with Gasteiger partial charge in [-0.1, -0.05) is 24.3 Å². The number of thiocarbonyl (C=S) groups is 1. The molecule has 6 nitrogen and oxygen atoms in total. The van der Waals surface area contributed by atoms with Crippen molar-refractivity contribution in [3.8, 4) is 5.75 Å². The third kappa shape index (κ3) is 4.33. The summed E-state index contributed by atoms with van der Waals surface area (Å²) in [6.45, 7) is 1.85. The minimum Gasteiger partial charge on any atom is -0.496 e. The Bertz CT molecular complexity index is 820. The first-order valence-electron chi connectivity index (χ1n) is 7.41. The molecule has 2 N–H and O–H groups in total. The molecular formula is C18H18N2O4S. The molecule has 0 aliphatic heterocycles. The summed E-state index contributed by atoms with van der Waals surface area (Å²) in [6, 6.07) is 12.0. The molecule has 0 bridgehead atoms. The van der Waals surface area contributed by atoms with Gasteiger partial charge in [0.05, 0.1) is 31.0 Å². The monoisotopic (exact) mass is 358 g/mol. The second-order valence-electron chi connectivity index (χ2n) is 5.10. The van der Waals surface area contributed by atoms with Crippen LogP contribution in [-0.2, 0) is 4.74 Å². The van der Waals surface area contributed by atoms with Gasteiger partial charge < -0.3 is 14.8 Å². The molecule has 25 heavy (non-hydrogen) atoms. The van der Waals surface area contributed by atoms with E-state index < -0.39 is 11.9 Å². The number of anilines is 1. The van der Waals surface area contributed by atoms with Crippen LogP contribution in [0, 0.1) is 6.92 Å². The number of nitrogens with one attached hydrogen (secondary N) is 2. The largest absolute Gasteiger partial charge is 0.496 e. The van der Waals surface area contributed by atoms with E-state index >= 15 is 0 Å². The van der Waals surface area contributed by atoms with Gasteiger partial charge in [-0.15, -0.1) is 0 Å². The van der Waals surface area contributed by atoms with Crippen molar-refractivity contribution in [3.05, 3.63) is 59.2 Å². The zero-order valence-electron chi connectivity index (χ0n) is 14.1. The third-order valence-corrected chi connectivity index (χ3v) is 3.67. The third-order valence-electron chi connectivity index (χ3n) is 3.47. The standard InChI is InChI=1S/C18H18N2O4S/c1-11-7-6-9-13(15(11)23-2)16(21)20-18(25)19-14-10-5-4-8-12(14)17(22)24-3/h4-10H,1-3H3,(H2,19,20,21,25). The number of aryl methyl sites for hydroxylation is 1. The average Bonchev–Trinajstić information content (AvgIpc) is 2.61. The van der Waals surface area contributed by atoms with Gasteiger partial charge in [-0.05, 0) is 42.9 Å². The lowest BCUT2D eigenvalue weighted by molar-refractivity contribution is 0.0602. The molecule has 0 aromatic heterocycles. The Kier molecular flexibility index (Phi) is 6.08. The summed E-state index contributed by atoms with van der Waals surface area (Å²) in [5.41, 5.74) is 1.96. The molecule has 0 saturated heterocycles. The summed E-state index contributed by atoms with van der Waals surface area (Å²) in [5, 5.41) is 5.48. The average molecular weight is 358 g/mol. The van der Waals surface area contributed by atoms with Gasteiger partial charge in [-0.3, -0.25) is 10.1 Å². The van der Waals surface area contributed by atoms with Crippen LogP contribution in [0.1, 0.15) is 26.3 Å². The Morgan fingerprint density at radius 2 is 1.68 bits per heavy atom. The number of rotatable bonds is 4. The molecule has 0 heterocycles. The van der Waals surface area contributed by atoms with Gasteiger partial charge in [0.2, 0.25) is 0 Å². The van der Waals surface area contributed by atoms with Crippen LogP contribution in [0.4, 0.5) is 5.69 Å². The second kappa shape index (κ2) is 8.25. The van der Waals surface area contributed by atoms with E-state index in [1.54, 1.807) is 36.4 Å². The van der Waals surface area contributed by atoms with Gasteiger partial charge in [-0.25, -0.2) is 4.79 Å². The minimum atomic E-state index is -0.502. The molecular weight excluding hydrogens is 340 g/mol. The number of ether oxygens (including phenoxy) is 2. The number of amides is 1. The molecule has 0 atom stereocenters. The molecule has 0 unspecified atom stereocenters. The van der Waals surface area contributed by atoms with Crippen molar-refractivity contribution in [1.29, 1.82) is 0 Å². The summed E-state index contributed by atoms with van der Waals surface area (Å²) in [7, 11) is 2.80. The van der Waals surface area contributed by atoms with E-state index in [0.717, 1.165) is 5.56 Å². The number of hydrogen-bond donors (Lipinski definition) is 2. The van der Waals surface area contributed by atoms with E-state index in [1.165, 1.54) is 14.2 Å². The highest BCUT2D eigenvalue weighted by Gasteiger charge is 2.16. The lowest BCUT2D eigenvalue weighted by Crippen LogP contribution is -2.34. The van der Waals surface area contributed by atoms with Crippen molar-refractivity contribution < 1.29 is 19.1 Å². The molecule has 0 aliphatic carbocycles. The molecule has 0 fully saturated rings. The molecule has 2 rings (SSSR count).